The Labute approximate surface area is 195 Å². The number of halogens is 1. The van der Waals surface area contributed by atoms with Crippen LogP contribution in [0.4, 0.5) is 4.39 Å². The van der Waals surface area contributed by atoms with Gasteiger partial charge in [0.05, 0.1) is 17.4 Å². The number of imidazole rings is 1. The fourth-order valence-corrected chi connectivity index (χ4v) is 5.10. The minimum Gasteiger partial charge on any atom is -0.329 e. The highest BCUT2D eigenvalue weighted by atomic mass is 32.1. The van der Waals surface area contributed by atoms with Crippen molar-refractivity contribution < 1.29 is 9.18 Å². The molecule has 33 heavy (non-hydrogen) atoms. The first-order chi connectivity index (χ1) is 15.8. The summed E-state index contributed by atoms with van der Waals surface area (Å²) < 4.78 is 19.9. The molecule has 0 saturated heterocycles. The van der Waals surface area contributed by atoms with Crippen molar-refractivity contribution in [3.8, 4) is 22.1 Å². The molecule has 0 aliphatic carbocycles. The van der Waals surface area contributed by atoms with Gasteiger partial charge >= 0.3 is 0 Å². The zero-order valence-electron chi connectivity index (χ0n) is 18.8. The molecule has 3 aromatic heterocycles. The lowest BCUT2D eigenvalue weighted by Crippen LogP contribution is -2.41. The second kappa shape index (κ2) is 8.15. The number of aryl methyl sites for hydroxylation is 3. The fraction of sp³-hybridized carbons (Fsp3) is 0.292. The predicted molar refractivity (Wildman–Crippen MR) is 124 cm³/mol. The van der Waals surface area contributed by atoms with Crippen LogP contribution in [0.5, 0.6) is 0 Å². The summed E-state index contributed by atoms with van der Waals surface area (Å²) in [5, 5.41) is 0.757. The molecule has 4 aromatic rings. The van der Waals surface area contributed by atoms with Crippen LogP contribution in [0.25, 0.3) is 22.1 Å². The van der Waals surface area contributed by atoms with Gasteiger partial charge in [-0.25, -0.2) is 14.4 Å². The van der Waals surface area contributed by atoms with Crippen molar-refractivity contribution in [2.24, 2.45) is 0 Å². The highest BCUT2D eigenvalue weighted by Gasteiger charge is 2.34. The summed E-state index contributed by atoms with van der Waals surface area (Å²) in [4.78, 5) is 29.2. The van der Waals surface area contributed by atoms with E-state index >= 15 is 0 Å². The number of pyridine rings is 1. The van der Waals surface area contributed by atoms with Gasteiger partial charge in [-0.05, 0) is 75.6 Å². The molecule has 4 heterocycles. The van der Waals surface area contributed by atoms with E-state index in [-0.39, 0.29) is 17.8 Å². The second-order valence-corrected chi connectivity index (χ2v) is 9.04. The molecule has 5 rings (SSSR count). The number of hydrogen-bond acceptors (Lipinski definition) is 6. The van der Waals surface area contributed by atoms with Crippen molar-refractivity contribution in [3.63, 3.8) is 0 Å². The Morgan fingerprint density at radius 2 is 1.73 bits per heavy atom. The Kier molecular flexibility index (Phi) is 5.28. The van der Waals surface area contributed by atoms with E-state index in [0.717, 1.165) is 39.2 Å². The minimum atomic E-state index is -0.362. The maximum atomic E-state index is 13.4. The van der Waals surface area contributed by atoms with E-state index in [2.05, 4.69) is 18.9 Å². The van der Waals surface area contributed by atoms with E-state index in [0.29, 0.717) is 24.5 Å². The van der Waals surface area contributed by atoms with Gasteiger partial charge in [-0.1, -0.05) is 0 Å². The molecule has 0 radical (unpaired) electrons. The Morgan fingerprint density at radius 1 is 1.03 bits per heavy atom. The zero-order valence-corrected chi connectivity index (χ0v) is 19.6. The Hall–Kier alpha value is -3.46. The SMILES string of the molecule is Cc1cc(-c2nc(-c3nc(C)ns3)n3c2[C@@H](C)N(C(=O)c2ccc(F)cc2)CC3)cc(C)n1. The number of benzene rings is 1. The summed E-state index contributed by atoms with van der Waals surface area (Å²) in [5.41, 5.74) is 5.00. The molecule has 0 unspecified atom stereocenters. The number of carbonyl (C=O) groups excluding carboxylic acids is 1. The molecule has 168 valence electrons. The minimum absolute atomic E-state index is 0.128. The number of hydrogen-bond donors (Lipinski definition) is 0. The smallest absolute Gasteiger partial charge is 0.254 e. The van der Waals surface area contributed by atoms with Gasteiger partial charge in [0.15, 0.2) is 10.8 Å². The predicted octanol–water partition coefficient (Wildman–Crippen LogP) is 4.74. The maximum absolute atomic E-state index is 13.4. The van der Waals surface area contributed by atoms with Crippen LogP contribution in [0.3, 0.4) is 0 Å². The monoisotopic (exact) mass is 462 g/mol. The Balaban J connectivity index is 1.64. The first-order valence-electron chi connectivity index (χ1n) is 10.7. The quantitative estimate of drug-likeness (QED) is 0.439. The third-order valence-electron chi connectivity index (χ3n) is 5.86. The zero-order chi connectivity index (χ0) is 23.3. The van der Waals surface area contributed by atoms with Crippen LogP contribution in [-0.4, -0.2) is 41.2 Å². The van der Waals surface area contributed by atoms with Crippen LogP contribution in [0.1, 0.15) is 46.2 Å². The van der Waals surface area contributed by atoms with Gasteiger partial charge in [0.1, 0.15) is 11.6 Å². The third kappa shape index (κ3) is 3.82. The van der Waals surface area contributed by atoms with Crippen LogP contribution in [-0.2, 0) is 6.54 Å². The van der Waals surface area contributed by atoms with Crippen LogP contribution in [0, 0.1) is 26.6 Å². The van der Waals surface area contributed by atoms with Gasteiger partial charge < -0.3 is 9.47 Å². The lowest BCUT2D eigenvalue weighted by molar-refractivity contribution is 0.0645. The van der Waals surface area contributed by atoms with Crippen molar-refractivity contribution >= 4 is 17.4 Å². The van der Waals surface area contributed by atoms with Gasteiger partial charge in [-0.3, -0.25) is 9.78 Å². The maximum Gasteiger partial charge on any atom is 0.254 e. The van der Waals surface area contributed by atoms with Crippen molar-refractivity contribution in [2.45, 2.75) is 40.3 Å². The van der Waals surface area contributed by atoms with Crippen molar-refractivity contribution in [2.75, 3.05) is 6.54 Å². The molecular formula is C24H23FN6OS. The molecule has 9 heteroatoms. The number of rotatable bonds is 3. The largest absolute Gasteiger partial charge is 0.329 e. The summed E-state index contributed by atoms with van der Waals surface area (Å²) in [7, 11) is 0. The second-order valence-electron chi connectivity index (χ2n) is 8.29. The molecule has 1 amide bonds. The van der Waals surface area contributed by atoms with E-state index in [1.54, 1.807) is 0 Å². The first kappa shape index (κ1) is 21.4. The number of fused-ring (bicyclic) bond motifs is 1. The van der Waals surface area contributed by atoms with Crippen LogP contribution in [0.15, 0.2) is 36.4 Å². The number of aromatic nitrogens is 5. The fourth-order valence-electron chi connectivity index (χ4n) is 4.43. The molecule has 0 saturated carbocycles. The average molecular weight is 463 g/mol. The highest BCUT2D eigenvalue weighted by molar-refractivity contribution is 7.09. The molecule has 1 aliphatic heterocycles. The molecule has 1 aliphatic rings. The first-order valence-corrected chi connectivity index (χ1v) is 11.5. The molecule has 0 spiro atoms. The summed E-state index contributed by atoms with van der Waals surface area (Å²) in [6.45, 7) is 8.88. The van der Waals surface area contributed by atoms with Crippen molar-refractivity contribution in [3.05, 3.63) is 70.7 Å². The van der Waals surface area contributed by atoms with E-state index in [1.807, 2.05) is 44.7 Å². The van der Waals surface area contributed by atoms with Crippen molar-refractivity contribution in [1.29, 1.82) is 0 Å². The molecule has 7 nitrogen and oxygen atoms in total. The van der Waals surface area contributed by atoms with Crippen LogP contribution in [0.2, 0.25) is 0 Å². The Morgan fingerprint density at radius 3 is 2.36 bits per heavy atom. The van der Waals surface area contributed by atoms with E-state index in [1.165, 1.54) is 35.8 Å². The number of nitrogens with zero attached hydrogens (tertiary/aromatic N) is 6. The van der Waals surface area contributed by atoms with Gasteiger partial charge in [0.25, 0.3) is 5.91 Å². The molecule has 1 atom stereocenters. The molecule has 0 bridgehead atoms. The van der Waals surface area contributed by atoms with Gasteiger partial charge in [-0.2, -0.15) is 4.37 Å². The highest BCUT2D eigenvalue weighted by Crippen LogP contribution is 2.39. The van der Waals surface area contributed by atoms with Crippen LogP contribution >= 0.6 is 11.5 Å². The molecule has 0 fully saturated rings. The van der Waals surface area contributed by atoms with Crippen molar-refractivity contribution in [1.82, 2.24) is 28.8 Å². The van der Waals surface area contributed by atoms with Gasteiger partial charge in [-0.15, -0.1) is 0 Å². The Bertz CT molecular complexity index is 1340. The van der Waals surface area contributed by atoms with E-state index in [4.69, 9.17) is 4.98 Å². The normalized spacial score (nSPS) is 15.5. The molecular weight excluding hydrogens is 439 g/mol. The summed E-state index contributed by atoms with van der Waals surface area (Å²) in [6, 6.07) is 9.48. The molecule has 0 N–H and O–H groups in total. The van der Waals surface area contributed by atoms with E-state index in [9.17, 15) is 9.18 Å². The van der Waals surface area contributed by atoms with Gasteiger partial charge in [0.2, 0.25) is 0 Å². The molecule has 1 aromatic carbocycles. The summed E-state index contributed by atoms with van der Waals surface area (Å²) >= 11 is 1.32. The third-order valence-corrected chi connectivity index (χ3v) is 6.66. The van der Waals surface area contributed by atoms with E-state index < -0.39 is 0 Å². The summed E-state index contributed by atoms with van der Waals surface area (Å²) in [5.74, 6) is 0.982. The van der Waals surface area contributed by atoms with Crippen LogP contribution < -0.4 is 0 Å². The standard InChI is InChI=1S/C24H23FN6OS/c1-13-11-18(12-14(2)26-13)20-21-15(3)30(24(32)17-5-7-19(25)8-6-17)9-10-31(21)22(28-20)23-27-16(4)29-33-23/h5-8,11-12,15H,9-10H2,1-4H3/t15-/m1/s1. The topological polar surface area (TPSA) is 76.8 Å². The lowest BCUT2D eigenvalue weighted by Gasteiger charge is -2.35. The lowest BCUT2D eigenvalue weighted by atomic mass is 10.0. The number of carbonyl (C=O) groups is 1. The summed E-state index contributed by atoms with van der Waals surface area (Å²) in [6.07, 6.45) is 0. The van der Waals surface area contributed by atoms with Gasteiger partial charge in [0, 0.05) is 35.6 Å². The number of amides is 1. The average Bonchev–Trinajstić information content (AvgIpc) is 3.37.